The van der Waals surface area contributed by atoms with Crippen molar-refractivity contribution in [3.05, 3.63) is 63.2 Å². The minimum absolute atomic E-state index is 0.0182. The number of aryl methyl sites for hydroxylation is 2. The van der Waals surface area contributed by atoms with Crippen molar-refractivity contribution in [1.82, 2.24) is 9.97 Å². The number of nitrogens with one attached hydrogen (secondary N) is 2. The molecule has 3 aromatic rings. The molecule has 0 amide bonds. The van der Waals surface area contributed by atoms with Crippen LogP contribution in [0.1, 0.15) is 22.4 Å². The molecule has 0 bridgehead atoms. The quantitative estimate of drug-likeness (QED) is 0.620. The van der Waals surface area contributed by atoms with Gasteiger partial charge < -0.3 is 16.0 Å². The van der Waals surface area contributed by atoms with Crippen molar-refractivity contribution in [1.29, 1.82) is 0 Å². The Morgan fingerprint density at radius 1 is 1.19 bits per heavy atom. The summed E-state index contributed by atoms with van der Waals surface area (Å²) in [6.07, 6.45) is -3.05. The molecule has 0 fully saturated rings. The minimum atomic E-state index is -4.51. The Hall–Kier alpha value is -3.03. The number of hydrogen-bond acceptors (Lipinski definition) is 4. The first-order valence-electron chi connectivity index (χ1n) is 7.85. The molecule has 0 aliphatic rings. The number of pyridine rings is 2. The molecule has 1 aromatic carbocycles. The lowest BCUT2D eigenvalue weighted by molar-refractivity contribution is -0.137. The summed E-state index contributed by atoms with van der Waals surface area (Å²) in [7, 11) is 0. The second-order valence-electron chi connectivity index (χ2n) is 6.11. The zero-order valence-electron chi connectivity index (χ0n) is 14.2. The molecule has 0 aliphatic carbocycles. The van der Waals surface area contributed by atoms with Gasteiger partial charge >= 0.3 is 6.18 Å². The van der Waals surface area contributed by atoms with Gasteiger partial charge in [-0.3, -0.25) is 4.79 Å². The van der Waals surface area contributed by atoms with Gasteiger partial charge in [-0.1, -0.05) is 0 Å². The van der Waals surface area contributed by atoms with E-state index in [4.69, 9.17) is 5.73 Å². The third-order valence-corrected chi connectivity index (χ3v) is 4.17. The Morgan fingerprint density at radius 3 is 2.58 bits per heavy atom. The summed E-state index contributed by atoms with van der Waals surface area (Å²) >= 11 is 0. The van der Waals surface area contributed by atoms with E-state index in [1.54, 1.807) is 19.9 Å². The first-order chi connectivity index (χ1) is 12.2. The first-order valence-corrected chi connectivity index (χ1v) is 7.85. The Labute approximate surface area is 147 Å². The van der Waals surface area contributed by atoms with Crippen molar-refractivity contribution >= 4 is 22.3 Å². The first kappa shape index (κ1) is 17.8. The van der Waals surface area contributed by atoms with Gasteiger partial charge in [-0.15, -0.1) is 0 Å². The Kier molecular flexibility index (Phi) is 4.35. The number of aromatic nitrogens is 2. The van der Waals surface area contributed by atoms with Gasteiger partial charge in [0.05, 0.1) is 5.56 Å². The van der Waals surface area contributed by atoms with E-state index >= 15 is 0 Å². The van der Waals surface area contributed by atoms with Gasteiger partial charge in [-0.2, -0.15) is 13.2 Å². The maximum Gasteiger partial charge on any atom is 0.416 e. The molecule has 4 N–H and O–H groups in total. The molecular weight excluding hydrogens is 345 g/mol. The van der Waals surface area contributed by atoms with Crippen LogP contribution in [0.5, 0.6) is 0 Å². The SMILES string of the molecule is Cc1cc(C)c(CNc2nccc3c(N)cc(C(F)(F)F)cc23)c(=O)[nH]1. The van der Waals surface area contributed by atoms with Gasteiger partial charge in [-0.25, -0.2) is 4.98 Å². The van der Waals surface area contributed by atoms with Gasteiger partial charge in [0.1, 0.15) is 5.82 Å². The predicted octanol–water partition coefficient (Wildman–Crippen LogP) is 3.75. The number of aromatic amines is 1. The Balaban J connectivity index is 2.03. The molecule has 2 aromatic heterocycles. The van der Waals surface area contributed by atoms with Crippen LogP contribution >= 0.6 is 0 Å². The number of hydrogen-bond donors (Lipinski definition) is 3. The maximum absolute atomic E-state index is 13.1. The van der Waals surface area contributed by atoms with Crippen LogP contribution in [0.2, 0.25) is 0 Å². The molecular formula is C18H17F3N4O. The lowest BCUT2D eigenvalue weighted by Gasteiger charge is -2.14. The van der Waals surface area contributed by atoms with Gasteiger partial charge in [0.2, 0.25) is 0 Å². The van der Waals surface area contributed by atoms with Crippen LogP contribution in [-0.2, 0) is 12.7 Å². The highest BCUT2D eigenvalue weighted by Gasteiger charge is 2.31. The third-order valence-electron chi connectivity index (χ3n) is 4.17. The number of rotatable bonds is 3. The number of H-pyrrole nitrogens is 1. The number of anilines is 2. The summed E-state index contributed by atoms with van der Waals surface area (Å²) in [4.78, 5) is 18.9. The number of alkyl halides is 3. The largest absolute Gasteiger partial charge is 0.416 e. The Bertz CT molecular complexity index is 1040. The van der Waals surface area contributed by atoms with Crippen molar-refractivity contribution in [2.75, 3.05) is 11.1 Å². The number of halogens is 3. The fourth-order valence-electron chi connectivity index (χ4n) is 2.89. The summed E-state index contributed by atoms with van der Waals surface area (Å²) < 4.78 is 39.2. The highest BCUT2D eigenvalue weighted by molar-refractivity contribution is 5.99. The second kappa shape index (κ2) is 6.36. The van der Waals surface area contributed by atoms with Gasteiger partial charge in [-0.05, 0) is 43.7 Å². The zero-order chi connectivity index (χ0) is 19.1. The van der Waals surface area contributed by atoms with Crippen LogP contribution in [0.15, 0.2) is 35.3 Å². The molecule has 136 valence electrons. The molecule has 0 spiro atoms. The van der Waals surface area contributed by atoms with Crippen molar-refractivity contribution in [2.45, 2.75) is 26.6 Å². The van der Waals surface area contributed by atoms with E-state index in [2.05, 4.69) is 15.3 Å². The van der Waals surface area contributed by atoms with Crippen LogP contribution in [0.25, 0.3) is 10.8 Å². The lowest BCUT2D eigenvalue weighted by Crippen LogP contribution is -2.19. The van der Waals surface area contributed by atoms with E-state index < -0.39 is 11.7 Å². The molecule has 5 nitrogen and oxygen atoms in total. The van der Waals surface area contributed by atoms with E-state index in [0.717, 1.165) is 23.4 Å². The van der Waals surface area contributed by atoms with Crippen molar-refractivity contribution in [2.24, 2.45) is 0 Å². The zero-order valence-corrected chi connectivity index (χ0v) is 14.2. The number of nitrogens with two attached hydrogens (primary N) is 1. The van der Waals surface area contributed by atoms with Crippen LogP contribution < -0.4 is 16.6 Å². The van der Waals surface area contributed by atoms with E-state index in [-0.39, 0.29) is 29.0 Å². The number of benzene rings is 1. The van der Waals surface area contributed by atoms with Crippen LogP contribution in [0, 0.1) is 13.8 Å². The second-order valence-corrected chi connectivity index (χ2v) is 6.11. The lowest BCUT2D eigenvalue weighted by atomic mass is 10.1. The standard InChI is InChI=1S/C18H17F3N4O/c1-9-5-10(2)25-17(26)14(9)8-24-16-13-6-11(18(19,20)21)7-15(22)12(13)3-4-23-16/h3-7H,8,22H2,1-2H3,(H,23,24)(H,25,26). The van der Waals surface area contributed by atoms with Crippen molar-refractivity contribution in [3.8, 4) is 0 Å². The summed E-state index contributed by atoms with van der Waals surface area (Å²) in [6, 6.07) is 5.29. The molecule has 0 radical (unpaired) electrons. The van der Waals surface area contributed by atoms with Crippen LogP contribution in [-0.4, -0.2) is 9.97 Å². The van der Waals surface area contributed by atoms with E-state index in [0.29, 0.717) is 10.9 Å². The molecule has 0 aliphatic heterocycles. The normalized spacial score (nSPS) is 11.7. The van der Waals surface area contributed by atoms with E-state index in [1.165, 1.54) is 6.20 Å². The highest BCUT2D eigenvalue weighted by Crippen LogP contribution is 2.36. The predicted molar refractivity (Wildman–Crippen MR) is 95.0 cm³/mol. The van der Waals surface area contributed by atoms with Gasteiger partial charge in [0, 0.05) is 40.5 Å². The van der Waals surface area contributed by atoms with Gasteiger partial charge in [0.15, 0.2) is 0 Å². The molecule has 0 unspecified atom stereocenters. The topological polar surface area (TPSA) is 83.8 Å². The van der Waals surface area contributed by atoms with Crippen LogP contribution in [0.3, 0.4) is 0 Å². The molecule has 0 saturated heterocycles. The smallest absolute Gasteiger partial charge is 0.398 e. The molecule has 0 atom stereocenters. The summed E-state index contributed by atoms with van der Waals surface area (Å²) in [6.45, 7) is 3.71. The van der Waals surface area contributed by atoms with Crippen molar-refractivity contribution < 1.29 is 13.2 Å². The average molecular weight is 362 g/mol. The molecule has 0 saturated carbocycles. The summed E-state index contributed by atoms with van der Waals surface area (Å²) in [5.41, 5.74) is 6.73. The number of nitrogen functional groups attached to an aromatic ring is 1. The number of fused-ring (bicyclic) bond motifs is 1. The van der Waals surface area contributed by atoms with Crippen LogP contribution in [0.4, 0.5) is 24.7 Å². The monoisotopic (exact) mass is 362 g/mol. The maximum atomic E-state index is 13.1. The van der Waals surface area contributed by atoms with Crippen molar-refractivity contribution in [3.63, 3.8) is 0 Å². The molecule has 3 rings (SSSR count). The molecule has 8 heteroatoms. The number of nitrogens with zero attached hydrogens (tertiary/aromatic N) is 1. The summed E-state index contributed by atoms with van der Waals surface area (Å²) in [5, 5.41) is 3.67. The Morgan fingerprint density at radius 2 is 1.92 bits per heavy atom. The summed E-state index contributed by atoms with van der Waals surface area (Å²) in [5.74, 6) is 0.236. The minimum Gasteiger partial charge on any atom is -0.398 e. The fraction of sp³-hybridized carbons (Fsp3) is 0.222. The van der Waals surface area contributed by atoms with E-state index in [9.17, 15) is 18.0 Å². The van der Waals surface area contributed by atoms with E-state index in [1.807, 2.05) is 6.07 Å². The highest BCUT2D eigenvalue weighted by atomic mass is 19.4. The average Bonchev–Trinajstić information content (AvgIpc) is 2.53. The third kappa shape index (κ3) is 3.35. The molecule has 26 heavy (non-hydrogen) atoms. The van der Waals surface area contributed by atoms with Gasteiger partial charge in [0.25, 0.3) is 5.56 Å². The molecule has 2 heterocycles. The fourth-order valence-corrected chi connectivity index (χ4v) is 2.89.